The van der Waals surface area contributed by atoms with Gasteiger partial charge in [0.15, 0.2) is 5.76 Å². The quantitative estimate of drug-likeness (QED) is 0.710. The summed E-state index contributed by atoms with van der Waals surface area (Å²) < 4.78 is 16.8. The van der Waals surface area contributed by atoms with Crippen molar-refractivity contribution in [2.45, 2.75) is 37.8 Å². The highest BCUT2D eigenvalue weighted by Crippen LogP contribution is 2.26. The zero-order valence-corrected chi connectivity index (χ0v) is 16.1. The van der Waals surface area contributed by atoms with Crippen LogP contribution in [0.1, 0.15) is 41.8 Å². The number of benzene rings is 1. The number of hydrogen-bond donors (Lipinski definition) is 1. The number of rotatable bonds is 5. The molecule has 0 saturated heterocycles. The van der Waals surface area contributed by atoms with Gasteiger partial charge in [0.2, 0.25) is 5.88 Å². The lowest BCUT2D eigenvalue weighted by Gasteiger charge is -2.28. The lowest BCUT2D eigenvalue weighted by atomic mass is 9.93. The number of aromatic nitrogens is 1. The number of hydrogen-bond acceptors (Lipinski definition) is 6. The number of furan rings is 1. The van der Waals surface area contributed by atoms with Crippen molar-refractivity contribution in [2.75, 3.05) is 7.11 Å². The molecule has 1 saturated carbocycles. The fourth-order valence-electron chi connectivity index (χ4n) is 3.53. The Morgan fingerprint density at radius 2 is 2.03 bits per heavy atom. The molecule has 1 aliphatic carbocycles. The van der Waals surface area contributed by atoms with Gasteiger partial charge in [-0.05, 0) is 56.0 Å². The van der Waals surface area contributed by atoms with E-state index < -0.39 is 0 Å². The summed E-state index contributed by atoms with van der Waals surface area (Å²) in [5.41, 5.74) is 1.16. The average Bonchev–Trinajstić information content (AvgIpc) is 3.19. The fourth-order valence-corrected chi connectivity index (χ4v) is 3.53. The van der Waals surface area contributed by atoms with E-state index in [0.29, 0.717) is 22.8 Å². The van der Waals surface area contributed by atoms with Crippen LogP contribution in [0.15, 0.2) is 47.0 Å². The third-order valence-electron chi connectivity index (χ3n) is 5.11. The summed E-state index contributed by atoms with van der Waals surface area (Å²) in [4.78, 5) is 16.7. The van der Waals surface area contributed by atoms with Crippen LogP contribution in [0.5, 0.6) is 11.6 Å². The Morgan fingerprint density at radius 3 is 2.72 bits per heavy atom. The first kappa shape index (κ1) is 18.8. The first-order valence-corrected chi connectivity index (χ1v) is 9.56. The Balaban J connectivity index is 1.31. The smallest absolute Gasteiger partial charge is 0.287 e. The molecule has 0 spiro atoms. The summed E-state index contributed by atoms with van der Waals surface area (Å²) in [5, 5.41) is 12.7. The van der Waals surface area contributed by atoms with Crippen molar-refractivity contribution < 1.29 is 18.7 Å². The van der Waals surface area contributed by atoms with Crippen molar-refractivity contribution in [3.05, 3.63) is 53.9 Å². The number of nitrogens with zero attached hydrogens (tertiary/aromatic N) is 2. The molecule has 0 unspecified atom stereocenters. The number of carbonyl (C=O) groups is 1. The largest absolute Gasteiger partial charge is 0.497 e. The minimum Gasteiger partial charge on any atom is -0.497 e. The summed E-state index contributed by atoms with van der Waals surface area (Å²) in [6.45, 7) is 0. The van der Waals surface area contributed by atoms with Gasteiger partial charge >= 0.3 is 0 Å². The highest BCUT2D eigenvalue weighted by atomic mass is 16.5. The van der Waals surface area contributed by atoms with Crippen molar-refractivity contribution in [1.29, 1.82) is 5.26 Å². The summed E-state index contributed by atoms with van der Waals surface area (Å²) in [7, 11) is 1.60. The van der Waals surface area contributed by atoms with Crippen molar-refractivity contribution in [3.8, 4) is 17.7 Å². The van der Waals surface area contributed by atoms with Gasteiger partial charge in [-0.1, -0.05) is 0 Å². The number of amides is 1. The van der Waals surface area contributed by atoms with Crippen molar-refractivity contribution in [2.24, 2.45) is 0 Å². The van der Waals surface area contributed by atoms with E-state index in [4.69, 9.17) is 19.2 Å². The summed E-state index contributed by atoms with van der Waals surface area (Å²) in [6, 6.07) is 12.7. The number of ether oxygens (including phenoxy) is 2. The van der Waals surface area contributed by atoms with Crippen LogP contribution >= 0.6 is 0 Å². The zero-order chi connectivity index (χ0) is 20.2. The highest BCUT2D eigenvalue weighted by molar-refractivity contribution is 5.96. The second-order valence-corrected chi connectivity index (χ2v) is 7.08. The molecule has 2 heterocycles. The predicted molar refractivity (Wildman–Crippen MR) is 106 cm³/mol. The monoisotopic (exact) mass is 391 g/mol. The van der Waals surface area contributed by atoms with E-state index in [0.717, 1.165) is 36.8 Å². The average molecular weight is 391 g/mol. The summed E-state index contributed by atoms with van der Waals surface area (Å²) in [6.07, 6.45) is 4.85. The second kappa shape index (κ2) is 8.23. The maximum absolute atomic E-state index is 12.6. The Morgan fingerprint density at radius 1 is 1.21 bits per heavy atom. The van der Waals surface area contributed by atoms with Gasteiger partial charge in [-0.25, -0.2) is 4.98 Å². The van der Waals surface area contributed by atoms with E-state index in [-0.39, 0.29) is 18.1 Å². The van der Waals surface area contributed by atoms with Gasteiger partial charge in [-0.2, -0.15) is 5.26 Å². The normalized spacial score (nSPS) is 18.8. The number of fused-ring (bicyclic) bond motifs is 1. The van der Waals surface area contributed by atoms with E-state index in [2.05, 4.69) is 10.3 Å². The molecular weight excluding hydrogens is 370 g/mol. The molecule has 148 valence electrons. The predicted octanol–water partition coefficient (Wildman–Crippen LogP) is 3.83. The maximum atomic E-state index is 12.6. The standard InChI is InChI=1S/C22H21N3O4/c1-27-18-7-8-19-15(10-18)11-20(29-19)22(26)25-16-3-5-17(6-4-16)28-21-9-2-14(12-23)13-24-21/h2,7-11,13,16-17H,3-6H2,1H3,(H,25,26). The third kappa shape index (κ3) is 4.32. The van der Waals surface area contributed by atoms with Crippen molar-refractivity contribution in [3.63, 3.8) is 0 Å². The molecule has 0 radical (unpaired) electrons. The van der Waals surface area contributed by atoms with Crippen LogP contribution in [-0.2, 0) is 0 Å². The van der Waals surface area contributed by atoms with Gasteiger partial charge in [-0.3, -0.25) is 4.79 Å². The fraction of sp³-hybridized carbons (Fsp3) is 0.318. The number of pyridine rings is 1. The van der Waals surface area contributed by atoms with Crippen LogP contribution in [0.3, 0.4) is 0 Å². The van der Waals surface area contributed by atoms with Crippen LogP contribution in [0.2, 0.25) is 0 Å². The number of methoxy groups -OCH3 is 1. The first-order valence-electron chi connectivity index (χ1n) is 9.56. The molecule has 7 heteroatoms. The van der Waals surface area contributed by atoms with Crippen LogP contribution in [-0.4, -0.2) is 30.1 Å². The van der Waals surface area contributed by atoms with Gasteiger partial charge in [-0.15, -0.1) is 0 Å². The summed E-state index contributed by atoms with van der Waals surface area (Å²) >= 11 is 0. The van der Waals surface area contributed by atoms with Gasteiger partial charge in [0.1, 0.15) is 23.5 Å². The Labute approximate surface area is 168 Å². The van der Waals surface area contributed by atoms with E-state index in [1.54, 1.807) is 37.4 Å². The molecule has 4 rings (SSSR count). The van der Waals surface area contributed by atoms with E-state index >= 15 is 0 Å². The van der Waals surface area contributed by atoms with Crippen molar-refractivity contribution >= 4 is 16.9 Å². The molecule has 1 aliphatic rings. The van der Waals surface area contributed by atoms with Gasteiger partial charge in [0.25, 0.3) is 5.91 Å². The molecule has 2 aromatic heterocycles. The van der Waals surface area contributed by atoms with Crippen LogP contribution in [0.25, 0.3) is 11.0 Å². The van der Waals surface area contributed by atoms with Gasteiger partial charge in [0.05, 0.1) is 12.7 Å². The minimum absolute atomic E-state index is 0.0576. The van der Waals surface area contributed by atoms with Gasteiger partial charge < -0.3 is 19.2 Å². The molecule has 3 aromatic rings. The zero-order valence-electron chi connectivity index (χ0n) is 16.1. The molecule has 29 heavy (non-hydrogen) atoms. The third-order valence-corrected chi connectivity index (χ3v) is 5.11. The molecule has 7 nitrogen and oxygen atoms in total. The molecule has 1 fully saturated rings. The second-order valence-electron chi connectivity index (χ2n) is 7.08. The van der Waals surface area contributed by atoms with Crippen LogP contribution in [0, 0.1) is 11.3 Å². The Kier molecular flexibility index (Phi) is 5.34. The highest BCUT2D eigenvalue weighted by Gasteiger charge is 2.25. The maximum Gasteiger partial charge on any atom is 0.287 e. The van der Waals surface area contributed by atoms with E-state index in [1.807, 2.05) is 12.1 Å². The minimum atomic E-state index is -0.210. The number of nitriles is 1. The SMILES string of the molecule is COc1ccc2oc(C(=O)NC3CCC(Oc4ccc(C#N)cn4)CC3)cc2c1. The van der Waals surface area contributed by atoms with Crippen LogP contribution < -0.4 is 14.8 Å². The topological polar surface area (TPSA) is 97.4 Å². The number of carbonyl (C=O) groups excluding carboxylic acids is 1. The summed E-state index contributed by atoms with van der Waals surface area (Å²) in [5.74, 6) is 1.33. The van der Waals surface area contributed by atoms with Crippen molar-refractivity contribution in [1.82, 2.24) is 10.3 Å². The Hall–Kier alpha value is -3.53. The molecule has 1 aromatic carbocycles. The van der Waals surface area contributed by atoms with E-state index in [9.17, 15) is 4.79 Å². The number of nitrogens with one attached hydrogen (secondary N) is 1. The molecule has 1 N–H and O–H groups in total. The molecule has 1 amide bonds. The molecule has 0 atom stereocenters. The molecular formula is C22H21N3O4. The first-order chi connectivity index (χ1) is 14.1. The molecule has 0 bridgehead atoms. The van der Waals surface area contributed by atoms with Gasteiger partial charge in [0, 0.05) is 23.7 Å². The lowest BCUT2D eigenvalue weighted by Crippen LogP contribution is -2.39. The van der Waals surface area contributed by atoms with E-state index in [1.165, 1.54) is 6.20 Å². The van der Waals surface area contributed by atoms with Crippen LogP contribution in [0.4, 0.5) is 0 Å². The lowest BCUT2D eigenvalue weighted by molar-refractivity contribution is 0.0865. The Bertz CT molecular complexity index is 1040. The molecule has 0 aliphatic heterocycles.